The number of carbonyl (C=O) groups is 1. The van der Waals surface area contributed by atoms with Gasteiger partial charge in [0.1, 0.15) is 11.3 Å². The first-order valence-electron chi connectivity index (χ1n) is 5.42. The summed E-state index contributed by atoms with van der Waals surface area (Å²) in [5, 5.41) is 4.17. The summed E-state index contributed by atoms with van der Waals surface area (Å²) in [7, 11) is 2.70. The maximum Gasteiger partial charge on any atom is 0.339 e. The van der Waals surface area contributed by atoms with Gasteiger partial charge < -0.3 is 9.47 Å². The third kappa shape index (κ3) is 2.20. The monoisotopic (exact) mass is 292 g/mol. The van der Waals surface area contributed by atoms with Crippen molar-refractivity contribution < 1.29 is 14.3 Å². The van der Waals surface area contributed by atoms with Crippen LogP contribution in [0.2, 0.25) is 5.02 Å². The number of hydrogen-bond acceptors (Lipinski definition) is 5. The largest absolute Gasteiger partial charge is 0.494 e. The molecule has 7 nitrogen and oxygen atoms in total. The number of pyridine rings is 1. The van der Waals surface area contributed by atoms with Crippen LogP contribution in [0, 0.1) is 0 Å². The Labute approximate surface area is 118 Å². The van der Waals surface area contributed by atoms with Crippen molar-refractivity contribution in [1.29, 1.82) is 0 Å². The van der Waals surface area contributed by atoms with E-state index in [4.69, 9.17) is 21.9 Å². The van der Waals surface area contributed by atoms with Crippen molar-refractivity contribution in [2.24, 2.45) is 5.11 Å². The van der Waals surface area contributed by atoms with E-state index >= 15 is 0 Å². The van der Waals surface area contributed by atoms with Crippen molar-refractivity contribution in [2.75, 3.05) is 14.2 Å². The maximum absolute atomic E-state index is 11.7. The Bertz CT molecular complexity index is 741. The zero-order valence-electron chi connectivity index (χ0n) is 10.6. The molecule has 20 heavy (non-hydrogen) atoms. The second-order valence-electron chi connectivity index (χ2n) is 3.67. The van der Waals surface area contributed by atoms with Gasteiger partial charge in [-0.1, -0.05) is 16.7 Å². The smallest absolute Gasteiger partial charge is 0.339 e. The minimum Gasteiger partial charge on any atom is -0.494 e. The Morgan fingerprint density at radius 2 is 2.20 bits per heavy atom. The molecule has 0 saturated heterocycles. The summed E-state index contributed by atoms with van der Waals surface area (Å²) < 4.78 is 9.80. The molecule has 0 fully saturated rings. The Morgan fingerprint density at radius 3 is 2.80 bits per heavy atom. The number of aromatic nitrogens is 1. The Balaban J connectivity index is 2.94. The van der Waals surface area contributed by atoms with Crippen LogP contribution in [-0.2, 0) is 4.74 Å². The molecule has 0 bridgehead atoms. The fourth-order valence-corrected chi connectivity index (χ4v) is 2.04. The molecule has 0 spiro atoms. The van der Waals surface area contributed by atoms with E-state index in [9.17, 15) is 4.79 Å². The van der Waals surface area contributed by atoms with Gasteiger partial charge >= 0.3 is 5.97 Å². The van der Waals surface area contributed by atoms with E-state index in [0.717, 1.165) is 0 Å². The molecule has 2 aromatic rings. The highest BCUT2D eigenvalue weighted by atomic mass is 35.5. The van der Waals surface area contributed by atoms with Crippen LogP contribution in [0.25, 0.3) is 21.3 Å². The Kier molecular flexibility index (Phi) is 3.93. The molecule has 1 aromatic heterocycles. The van der Waals surface area contributed by atoms with Gasteiger partial charge in [0, 0.05) is 16.5 Å². The minimum atomic E-state index is -0.666. The van der Waals surface area contributed by atoms with Gasteiger partial charge in [-0.05, 0) is 17.7 Å². The number of rotatable bonds is 3. The summed E-state index contributed by atoms with van der Waals surface area (Å²) >= 11 is 6.12. The summed E-state index contributed by atoms with van der Waals surface area (Å²) in [6, 6.07) is 3.21. The Morgan fingerprint density at radius 1 is 1.45 bits per heavy atom. The topological polar surface area (TPSA) is 97.2 Å². The number of hydrogen-bond donors (Lipinski definition) is 0. The SMILES string of the molecule is COC(=O)c1cnc2c(OC)ccc(Cl)c2c1N=[N+]=[N-]. The van der Waals surface area contributed by atoms with E-state index in [1.54, 1.807) is 12.1 Å². The van der Waals surface area contributed by atoms with Crippen molar-refractivity contribution >= 4 is 34.2 Å². The normalized spacial score (nSPS) is 9.95. The fraction of sp³-hybridized carbons (Fsp3) is 0.167. The van der Waals surface area contributed by atoms with Gasteiger partial charge in [-0.25, -0.2) is 4.79 Å². The van der Waals surface area contributed by atoms with E-state index in [0.29, 0.717) is 21.7 Å². The molecule has 0 atom stereocenters. The van der Waals surface area contributed by atoms with E-state index in [1.165, 1.54) is 20.4 Å². The molecule has 0 N–H and O–H groups in total. The number of nitrogens with zero attached hydrogens (tertiary/aromatic N) is 4. The molecule has 0 saturated carbocycles. The summed E-state index contributed by atoms with van der Waals surface area (Å²) in [6.07, 6.45) is 1.26. The number of benzene rings is 1. The highest BCUT2D eigenvalue weighted by molar-refractivity contribution is 6.37. The lowest BCUT2D eigenvalue weighted by molar-refractivity contribution is 0.0601. The number of carbonyl (C=O) groups excluding carboxylic acids is 1. The molecule has 102 valence electrons. The number of fused-ring (bicyclic) bond motifs is 1. The molecule has 0 amide bonds. The van der Waals surface area contributed by atoms with Gasteiger partial charge in [0.25, 0.3) is 0 Å². The fourth-order valence-electron chi connectivity index (χ4n) is 1.80. The average Bonchev–Trinajstić information content (AvgIpc) is 2.47. The number of esters is 1. The number of azide groups is 1. The zero-order valence-corrected chi connectivity index (χ0v) is 11.4. The first-order chi connectivity index (χ1) is 9.63. The minimum absolute atomic E-state index is 0.0351. The summed E-state index contributed by atoms with van der Waals surface area (Å²) in [4.78, 5) is 18.5. The lowest BCUT2D eigenvalue weighted by Crippen LogP contribution is -2.03. The molecule has 0 aliphatic rings. The van der Waals surface area contributed by atoms with Gasteiger partial charge in [0.05, 0.1) is 30.5 Å². The van der Waals surface area contributed by atoms with Crippen LogP contribution in [-0.4, -0.2) is 25.2 Å². The van der Waals surface area contributed by atoms with Gasteiger partial charge in [-0.2, -0.15) is 0 Å². The van der Waals surface area contributed by atoms with Crippen molar-refractivity contribution in [3.05, 3.63) is 39.4 Å². The van der Waals surface area contributed by atoms with Crippen LogP contribution >= 0.6 is 11.6 Å². The van der Waals surface area contributed by atoms with Crippen LogP contribution < -0.4 is 4.74 Å². The zero-order chi connectivity index (χ0) is 14.7. The molecule has 1 aromatic carbocycles. The molecular weight excluding hydrogens is 284 g/mol. The number of halogens is 1. The second kappa shape index (κ2) is 5.64. The lowest BCUT2D eigenvalue weighted by Gasteiger charge is -2.10. The predicted molar refractivity (Wildman–Crippen MR) is 73.5 cm³/mol. The van der Waals surface area contributed by atoms with Crippen LogP contribution in [0.1, 0.15) is 10.4 Å². The summed E-state index contributed by atoms with van der Waals surface area (Å²) in [6.45, 7) is 0. The van der Waals surface area contributed by atoms with E-state index < -0.39 is 5.97 Å². The molecule has 0 unspecified atom stereocenters. The maximum atomic E-state index is 11.7. The quantitative estimate of drug-likeness (QED) is 0.373. The lowest BCUT2D eigenvalue weighted by atomic mass is 10.1. The van der Waals surface area contributed by atoms with Crippen LogP contribution in [0.5, 0.6) is 5.75 Å². The first kappa shape index (κ1) is 13.9. The molecular formula is C12H9ClN4O3. The molecule has 0 aliphatic heterocycles. The molecule has 1 heterocycles. The molecule has 0 aliphatic carbocycles. The third-order valence-corrected chi connectivity index (χ3v) is 2.99. The van der Waals surface area contributed by atoms with Gasteiger partial charge in [0.15, 0.2) is 0 Å². The van der Waals surface area contributed by atoms with Crippen molar-refractivity contribution in [2.45, 2.75) is 0 Å². The first-order valence-corrected chi connectivity index (χ1v) is 5.80. The van der Waals surface area contributed by atoms with Gasteiger partial charge in [-0.3, -0.25) is 4.98 Å². The van der Waals surface area contributed by atoms with E-state index in [2.05, 4.69) is 19.7 Å². The average molecular weight is 293 g/mol. The van der Waals surface area contributed by atoms with Crippen molar-refractivity contribution in [3.63, 3.8) is 0 Å². The molecule has 8 heteroatoms. The van der Waals surface area contributed by atoms with Crippen LogP contribution in [0.3, 0.4) is 0 Å². The van der Waals surface area contributed by atoms with Crippen molar-refractivity contribution in [1.82, 2.24) is 4.98 Å². The predicted octanol–water partition coefficient (Wildman–Crippen LogP) is 3.63. The summed E-state index contributed by atoms with van der Waals surface area (Å²) in [5.74, 6) is -0.212. The van der Waals surface area contributed by atoms with Gasteiger partial charge in [0.2, 0.25) is 0 Å². The molecule has 2 rings (SSSR count). The van der Waals surface area contributed by atoms with Crippen LogP contribution in [0.15, 0.2) is 23.4 Å². The van der Waals surface area contributed by atoms with E-state index in [-0.39, 0.29) is 11.3 Å². The third-order valence-electron chi connectivity index (χ3n) is 2.67. The Hall–Kier alpha value is -2.50. The highest BCUT2D eigenvalue weighted by Gasteiger charge is 2.18. The molecule has 0 radical (unpaired) electrons. The van der Waals surface area contributed by atoms with Crippen molar-refractivity contribution in [3.8, 4) is 5.75 Å². The number of ether oxygens (including phenoxy) is 2. The van der Waals surface area contributed by atoms with Gasteiger partial charge in [-0.15, -0.1) is 0 Å². The summed E-state index contributed by atoms with van der Waals surface area (Å²) in [5.41, 5.74) is 9.18. The number of methoxy groups -OCH3 is 2. The van der Waals surface area contributed by atoms with E-state index in [1.807, 2.05) is 0 Å². The standard InChI is InChI=1S/C12H9ClN4O3/c1-19-8-4-3-7(13)9-10(16-17-14)6(12(18)20-2)5-15-11(8)9/h3-5H,1-2H3. The van der Waals surface area contributed by atoms with Crippen LogP contribution in [0.4, 0.5) is 5.69 Å². The highest BCUT2D eigenvalue weighted by Crippen LogP contribution is 2.38. The second-order valence-corrected chi connectivity index (χ2v) is 4.08.